The summed E-state index contributed by atoms with van der Waals surface area (Å²) in [4.78, 5) is 16.1. The summed E-state index contributed by atoms with van der Waals surface area (Å²) in [6.45, 7) is 6.24. The lowest BCUT2D eigenvalue weighted by Gasteiger charge is -2.12. The van der Waals surface area contributed by atoms with Crippen molar-refractivity contribution in [3.63, 3.8) is 0 Å². The van der Waals surface area contributed by atoms with Crippen LogP contribution in [-0.4, -0.2) is 10.1 Å². The molecule has 1 aromatic heterocycles. The average Bonchev–Trinajstić information content (AvgIpc) is 2.43. The zero-order valence-corrected chi connectivity index (χ0v) is 12.5. The van der Waals surface area contributed by atoms with E-state index in [0.29, 0.717) is 5.39 Å². The Bertz CT molecular complexity index is 671. The average molecular weight is 273 g/mol. The maximum atomic E-state index is 12.7. The Labute approximate surface area is 119 Å². The number of rotatable bonds is 5. The minimum absolute atomic E-state index is 0.0747. The van der Waals surface area contributed by atoms with Crippen LogP contribution in [0.4, 0.5) is 0 Å². The summed E-state index contributed by atoms with van der Waals surface area (Å²) in [7, 11) is 0. The summed E-state index contributed by atoms with van der Waals surface area (Å²) >= 11 is 0. The number of aromatic amines is 1. The number of nitrogens with one attached hydrogen (secondary N) is 1. The molecule has 2 rings (SSSR count). The normalized spacial score (nSPS) is 11.2. The number of aryl methyl sites for hydroxylation is 2. The van der Waals surface area contributed by atoms with Gasteiger partial charge in [-0.3, -0.25) is 4.79 Å². The molecule has 1 heterocycles. The Hall–Kier alpha value is -1.77. The smallest absolute Gasteiger partial charge is 0.192 e. The SMILES string of the molecule is CCCc1c(CC)[nH]c2c(CCC)cc(O)cc2c1=O. The first-order valence-electron chi connectivity index (χ1n) is 7.51. The second-order valence-electron chi connectivity index (χ2n) is 5.29. The largest absolute Gasteiger partial charge is 0.508 e. The fourth-order valence-electron chi connectivity index (χ4n) is 2.82. The standard InChI is InChI=1S/C17H23NO2/c1-4-7-11-9-12(19)10-14-16(11)18-15(6-3)13(8-5-2)17(14)20/h9-10,19H,4-8H2,1-3H3,(H,18,20). The highest BCUT2D eigenvalue weighted by molar-refractivity contribution is 5.84. The van der Waals surface area contributed by atoms with Gasteiger partial charge in [-0.1, -0.05) is 33.6 Å². The van der Waals surface area contributed by atoms with Crippen LogP contribution in [0.3, 0.4) is 0 Å². The molecule has 0 aliphatic rings. The topological polar surface area (TPSA) is 53.1 Å². The molecular formula is C17H23NO2. The van der Waals surface area contributed by atoms with Crippen molar-refractivity contribution in [3.8, 4) is 5.75 Å². The third-order valence-corrected chi connectivity index (χ3v) is 3.74. The summed E-state index contributed by atoms with van der Waals surface area (Å²) in [6.07, 6.45) is 4.40. The van der Waals surface area contributed by atoms with E-state index in [2.05, 4.69) is 25.8 Å². The summed E-state index contributed by atoms with van der Waals surface area (Å²) in [5.74, 6) is 0.179. The first kappa shape index (κ1) is 14.6. The van der Waals surface area contributed by atoms with Crippen molar-refractivity contribution in [2.45, 2.75) is 52.9 Å². The minimum Gasteiger partial charge on any atom is -0.508 e. The molecule has 20 heavy (non-hydrogen) atoms. The first-order chi connectivity index (χ1) is 9.62. The third-order valence-electron chi connectivity index (χ3n) is 3.74. The van der Waals surface area contributed by atoms with Gasteiger partial charge >= 0.3 is 0 Å². The van der Waals surface area contributed by atoms with E-state index in [1.165, 1.54) is 0 Å². The van der Waals surface area contributed by atoms with Gasteiger partial charge in [0.1, 0.15) is 5.75 Å². The molecular weight excluding hydrogens is 250 g/mol. The van der Waals surface area contributed by atoms with Crippen molar-refractivity contribution in [2.24, 2.45) is 0 Å². The number of fused-ring (bicyclic) bond motifs is 1. The summed E-state index contributed by atoms with van der Waals surface area (Å²) in [5.41, 5.74) is 3.90. The molecule has 108 valence electrons. The van der Waals surface area contributed by atoms with Gasteiger partial charge in [-0.15, -0.1) is 0 Å². The fraction of sp³-hybridized carbons (Fsp3) is 0.471. The van der Waals surface area contributed by atoms with E-state index in [9.17, 15) is 9.90 Å². The lowest BCUT2D eigenvalue weighted by Crippen LogP contribution is -2.15. The molecule has 3 nitrogen and oxygen atoms in total. The Morgan fingerprint density at radius 3 is 2.40 bits per heavy atom. The van der Waals surface area contributed by atoms with Crippen LogP contribution in [0.25, 0.3) is 10.9 Å². The van der Waals surface area contributed by atoms with Crippen LogP contribution in [0.2, 0.25) is 0 Å². The number of aromatic hydroxyl groups is 1. The molecule has 0 radical (unpaired) electrons. The second kappa shape index (κ2) is 6.12. The van der Waals surface area contributed by atoms with Crippen LogP contribution in [0.15, 0.2) is 16.9 Å². The van der Waals surface area contributed by atoms with E-state index in [1.807, 2.05) is 0 Å². The van der Waals surface area contributed by atoms with Crippen LogP contribution in [0.5, 0.6) is 5.75 Å². The molecule has 0 saturated heterocycles. The van der Waals surface area contributed by atoms with Gasteiger partial charge in [0, 0.05) is 16.6 Å². The third kappa shape index (κ3) is 2.58. The number of phenolic OH excluding ortho intramolecular Hbond substituents is 1. The van der Waals surface area contributed by atoms with Crippen molar-refractivity contribution in [1.29, 1.82) is 0 Å². The van der Waals surface area contributed by atoms with Crippen molar-refractivity contribution >= 4 is 10.9 Å². The van der Waals surface area contributed by atoms with E-state index >= 15 is 0 Å². The quantitative estimate of drug-likeness (QED) is 0.872. The van der Waals surface area contributed by atoms with Crippen LogP contribution >= 0.6 is 0 Å². The van der Waals surface area contributed by atoms with Gasteiger partial charge in [0.25, 0.3) is 0 Å². The molecule has 0 saturated carbocycles. The van der Waals surface area contributed by atoms with Gasteiger partial charge in [0.2, 0.25) is 0 Å². The molecule has 1 aromatic carbocycles. The molecule has 0 aliphatic carbocycles. The number of pyridine rings is 1. The minimum atomic E-state index is 0.0747. The highest BCUT2D eigenvalue weighted by Crippen LogP contribution is 2.24. The molecule has 2 aromatic rings. The Morgan fingerprint density at radius 2 is 1.80 bits per heavy atom. The maximum absolute atomic E-state index is 12.7. The molecule has 3 heteroatoms. The van der Waals surface area contributed by atoms with Crippen LogP contribution in [-0.2, 0) is 19.3 Å². The van der Waals surface area contributed by atoms with Crippen molar-refractivity contribution in [3.05, 3.63) is 39.2 Å². The molecule has 2 N–H and O–H groups in total. The number of hydrogen-bond acceptors (Lipinski definition) is 2. The van der Waals surface area contributed by atoms with Crippen LogP contribution < -0.4 is 5.43 Å². The van der Waals surface area contributed by atoms with Gasteiger partial charge < -0.3 is 10.1 Å². The molecule has 0 spiro atoms. The molecule has 0 fully saturated rings. The number of benzene rings is 1. The lowest BCUT2D eigenvalue weighted by atomic mass is 9.99. The van der Waals surface area contributed by atoms with Crippen molar-refractivity contribution in [2.75, 3.05) is 0 Å². The van der Waals surface area contributed by atoms with Crippen LogP contribution in [0.1, 0.15) is 50.4 Å². The van der Waals surface area contributed by atoms with Gasteiger partial charge in [0.15, 0.2) is 5.43 Å². The molecule has 0 aliphatic heterocycles. The summed E-state index contributed by atoms with van der Waals surface area (Å²) in [6, 6.07) is 3.35. The molecule has 0 unspecified atom stereocenters. The predicted molar refractivity (Wildman–Crippen MR) is 83.6 cm³/mol. The van der Waals surface area contributed by atoms with E-state index in [-0.39, 0.29) is 11.2 Å². The number of phenols is 1. The Morgan fingerprint density at radius 1 is 1.10 bits per heavy atom. The maximum Gasteiger partial charge on any atom is 0.192 e. The predicted octanol–water partition coefficient (Wildman–Crippen LogP) is 3.70. The molecule has 0 atom stereocenters. The highest BCUT2D eigenvalue weighted by Gasteiger charge is 2.13. The zero-order valence-electron chi connectivity index (χ0n) is 12.5. The monoisotopic (exact) mass is 273 g/mol. The first-order valence-corrected chi connectivity index (χ1v) is 7.51. The van der Waals surface area contributed by atoms with E-state index < -0.39 is 0 Å². The number of H-pyrrole nitrogens is 1. The van der Waals surface area contributed by atoms with E-state index in [1.54, 1.807) is 12.1 Å². The summed E-state index contributed by atoms with van der Waals surface area (Å²) < 4.78 is 0. The molecule has 0 bridgehead atoms. The lowest BCUT2D eigenvalue weighted by molar-refractivity contribution is 0.475. The van der Waals surface area contributed by atoms with Crippen LogP contribution in [0, 0.1) is 0 Å². The zero-order chi connectivity index (χ0) is 14.7. The van der Waals surface area contributed by atoms with Gasteiger partial charge in [-0.05, 0) is 37.0 Å². The fourth-order valence-corrected chi connectivity index (χ4v) is 2.82. The molecule has 0 amide bonds. The van der Waals surface area contributed by atoms with E-state index in [0.717, 1.165) is 54.4 Å². The number of hydrogen-bond donors (Lipinski definition) is 2. The second-order valence-corrected chi connectivity index (χ2v) is 5.29. The summed E-state index contributed by atoms with van der Waals surface area (Å²) in [5, 5.41) is 10.5. The van der Waals surface area contributed by atoms with Crippen molar-refractivity contribution < 1.29 is 5.11 Å². The Kier molecular flexibility index (Phi) is 4.48. The van der Waals surface area contributed by atoms with Crippen molar-refractivity contribution in [1.82, 2.24) is 4.98 Å². The number of aromatic nitrogens is 1. The van der Waals surface area contributed by atoms with Gasteiger partial charge in [0.05, 0.1) is 5.52 Å². The van der Waals surface area contributed by atoms with E-state index in [4.69, 9.17) is 0 Å². The van der Waals surface area contributed by atoms with Gasteiger partial charge in [-0.2, -0.15) is 0 Å². The van der Waals surface area contributed by atoms with Gasteiger partial charge in [-0.25, -0.2) is 0 Å². The Balaban J connectivity index is 2.81. The highest BCUT2D eigenvalue weighted by atomic mass is 16.3.